The Balaban J connectivity index is 1.50. The lowest BCUT2D eigenvalue weighted by atomic mass is 10.1. The summed E-state index contributed by atoms with van der Waals surface area (Å²) in [6.07, 6.45) is 3.30. The molecule has 1 amide bonds. The van der Waals surface area contributed by atoms with Gasteiger partial charge in [-0.2, -0.15) is 0 Å². The van der Waals surface area contributed by atoms with Crippen LogP contribution in [0.5, 0.6) is 0 Å². The summed E-state index contributed by atoms with van der Waals surface area (Å²) >= 11 is 1.35. The van der Waals surface area contributed by atoms with E-state index >= 15 is 0 Å². The monoisotopic (exact) mass is 456 g/mol. The highest BCUT2D eigenvalue weighted by atomic mass is 32.2. The molecular formula is C24H17FN6OS. The van der Waals surface area contributed by atoms with Crippen molar-refractivity contribution >= 4 is 34.1 Å². The van der Waals surface area contributed by atoms with Gasteiger partial charge in [-0.1, -0.05) is 53.4 Å². The lowest BCUT2D eigenvalue weighted by Crippen LogP contribution is -2.15. The molecule has 3 aromatic carbocycles. The number of nitrogens with one attached hydrogen (secondary N) is 1. The van der Waals surface area contributed by atoms with Crippen molar-refractivity contribution in [1.82, 2.24) is 25.0 Å². The number of hydrogen-bond donors (Lipinski definition) is 1. The van der Waals surface area contributed by atoms with Gasteiger partial charge in [0.15, 0.2) is 10.9 Å². The first-order chi connectivity index (χ1) is 16.2. The van der Waals surface area contributed by atoms with Crippen molar-refractivity contribution in [3.05, 3.63) is 102 Å². The number of benzene rings is 3. The molecule has 162 valence electrons. The highest BCUT2D eigenvalue weighted by Gasteiger charge is 2.22. The van der Waals surface area contributed by atoms with Crippen molar-refractivity contribution in [2.24, 2.45) is 0 Å². The highest BCUT2D eigenvalue weighted by molar-refractivity contribution is 7.98. The van der Waals surface area contributed by atoms with E-state index in [4.69, 9.17) is 0 Å². The molecule has 0 unspecified atom stereocenters. The fourth-order valence-corrected chi connectivity index (χ4v) is 4.20. The highest BCUT2D eigenvalue weighted by Crippen LogP contribution is 2.26. The van der Waals surface area contributed by atoms with Gasteiger partial charge in [-0.3, -0.25) is 4.79 Å². The van der Waals surface area contributed by atoms with Crippen molar-refractivity contribution in [3.63, 3.8) is 0 Å². The summed E-state index contributed by atoms with van der Waals surface area (Å²) < 4.78 is 15.0. The Morgan fingerprint density at radius 3 is 2.52 bits per heavy atom. The number of halogens is 1. The Morgan fingerprint density at radius 1 is 0.939 bits per heavy atom. The predicted octanol–water partition coefficient (Wildman–Crippen LogP) is 4.89. The number of carbonyl (C=O) groups excluding carboxylic acids is 1. The van der Waals surface area contributed by atoms with Crippen LogP contribution in [0.15, 0.2) is 90.3 Å². The normalized spacial score (nSPS) is 10.9. The minimum absolute atomic E-state index is 0.177. The first-order valence-corrected chi connectivity index (χ1v) is 11.1. The zero-order chi connectivity index (χ0) is 22.6. The Morgan fingerprint density at radius 2 is 1.70 bits per heavy atom. The number of anilines is 1. The van der Waals surface area contributed by atoms with Crippen molar-refractivity contribution in [3.8, 4) is 5.69 Å². The SMILES string of the molecule is O=C(Nc1cccc2ccccc12)c1nnn(-c2ccc(F)cc2)c1CSc1ncccn1. The number of amides is 1. The zero-order valence-corrected chi connectivity index (χ0v) is 18.0. The summed E-state index contributed by atoms with van der Waals surface area (Å²) in [5.41, 5.74) is 2.00. The molecule has 0 bridgehead atoms. The van der Waals surface area contributed by atoms with Gasteiger partial charge in [-0.25, -0.2) is 19.0 Å². The molecule has 0 aliphatic heterocycles. The largest absolute Gasteiger partial charge is 0.320 e. The van der Waals surface area contributed by atoms with Crippen LogP contribution in [0, 0.1) is 5.82 Å². The van der Waals surface area contributed by atoms with Gasteiger partial charge in [0.1, 0.15) is 5.82 Å². The second-order valence-corrected chi connectivity index (χ2v) is 8.02. The topological polar surface area (TPSA) is 85.6 Å². The van der Waals surface area contributed by atoms with Crippen LogP contribution >= 0.6 is 11.8 Å². The van der Waals surface area contributed by atoms with Gasteiger partial charge >= 0.3 is 0 Å². The van der Waals surface area contributed by atoms with Crippen LogP contribution in [0.2, 0.25) is 0 Å². The summed E-state index contributed by atoms with van der Waals surface area (Å²) in [4.78, 5) is 21.7. The molecule has 2 heterocycles. The average Bonchev–Trinajstić information content (AvgIpc) is 3.28. The van der Waals surface area contributed by atoms with E-state index in [0.717, 1.165) is 10.8 Å². The second kappa shape index (κ2) is 9.17. The molecule has 5 rings (SSSR count). The molecule has 0 saturated carbocycles. The molecule has 9 heteroatoms. The first-order valence-electron chi connectivity index (χ1n) is 10.1. The standard InChI is InChI=1S/C24H17FN6OS/c25-17-9-11-18(12-10-17)31-21(15-33-24-26-13-4-14-27-24)22(29-30-31)23(32)28-20-8-3-6-16-5-1-2-7-19(16)20/h1-14H,15H2,(H,28,32). The molecule has 5 aromatic rings. The third-order valence-electron chi connectivity index (χ3n) is 4.97. The van der Waals surface area contributed by atoms with Crippen LogP contribution in [-0.2, 0) is 5.75 Å². The Kier molecular flexibility index (Phi) is 5.77. The van der Waals surface area contributed by atoms with Crippen LogP contribution in [0.1, 0.15) is 16.2 Å². The lowest BCUT2D eigenvalue weighted by Gasteiger charge is -2.10. The number of thioether (sulfide) groups is 1. The van der Waals surface area contributed by atoms with E-state index in [1.807, 2.05) is 42.5 Å². The average molecular weight is 457 g/mol. The Hall–Kier alpha value is -4.11. The fourth-order valence-electron chi connectivity index (χ4n) is 3.41. The summed E-state index contributed by atoms with van der Waals surface area (Å²) in [7, 11) is 0. The molecule has 0 radical (unpaired) electrons. The maximum atomic E-state index is 13.4. The maximum absolute atomic E-state index is 13.4. The number of fused-ring (bicyclic) bond motifs is 1. The molecular weight excluding hydrogens is 439 g/mol. The molecule has 0 aliphatic rings. The number of aromatic nitrogens is 5. The number of carbonyl (C=O) groups is 1. The quantitative estimate of drug-likeness (QED) is 0.289. The van der Waals surface area contributed by atoms with Crippen molar-refractivity contribution in [2.75, 3.05) is 5.32 Å². The van der Waals surface area contributed by atoms with Crippen LogP contribution in [0.3, 0.4) is 0 Å². The van der Waals surface area contributed by atoms with Crippen molar-refractivity contribution < 1.29 is 9.18 Å². The van der Waals surface area contributed by atoms with E-state index in [1.165, 1.54) is 28.6 Å². The number of nitrogens with zero attached hydrogens (tertiary/aromatic N) is 5. The van der Waals surface area contributed by atoms with Crippen LogP contribution in [-0.4, -0.2) is 30.9 Å². The van der Waals surface area contributed by atoms with E-state index in [-0.39, 0.29) is 17.4 Å². The molecule has 0 spiro atoms. The smallest absolute Gasteiger partial charge is 0.278 e. The summed E-state index contributed by atoms with van der Waals surface area (Å²) in [5.74, 6) is -0.405. The number of hydrogen-bond acceptors (Lipinski definition) is 6. The van der Waals surface area contributed by atoms with Crippen molar-refractivity contribution in [1.29, 1.82) is 0 Å². The van der Waals surface area contributed by atoms with E-state index < -0.39 is 0 Å². The molecule has 0 fully saturated rings. The second-order valence-electron chi connectivity index (χ2n) is 7.07. The first kappa shape index (κ1) is 20.8. The van der Waals surface area contributed by atoms with Crippen LogP contribution in [0.4, 0.5) is 10.1 Å². The van der Waals surface area contributed by atoms with Gasteiger partial charge in [-0.15, -0.1) is 5.10 Å². The van der Waals surface area contributed by atoms with Gasteiger partial charge < -0.3 is 5.32 Å². The van der Waals surface area contributed by atoms with Crippen molar-refractivity contribution in [2.45, 2.75) is 10.9 Å². The molecule has 7 nitrogen and oxygen atoms in total. The molecule has 1 N–H and O–H groups in total. The number of rotatable bonds is 6. The van der Waals surface area contributed by atoms with Crippen LogP contribution < -0.4 is 5.32 Å². The predicted molar refractivity (Wildman–Crippen MR) is 125 cm³/mol. The van der Waals surface area contributed by atoms with E-state index in [2.05, 4.69) is 25.6 Å². The molecule has 0 atom stereocenters. The Bertz CT molecular complexity index is 1420. The molecule has 33 heavy (non-hydrogen) atoms. The summed E-state index contributed by atoms with van der Waals surface area (Å²) in [6.45, 7) is 0. The van der Waals surface area contributed by atoms with Gasteiger partial charge in [0.25, 0.3) is 5.91 Å². The minimum atomic E-state index is -0.385. The zero-order valence-electron chi connectivity index (χ0n) is 17.2. The van der Waals surface area contributed by atoms with E-state index in [1.54, 1.807) is 30.6 Å². The lowest BCUT2D eigenvalue weighted by molar-refractivity contribution is 0.102. The van der Waals surface area contributed by atoms with Gasteiger partial charge in [0.2, 0.25) is 0 Å². The van der Waals surface area contributed by atoms with Gasteiger partial charge in [0.05, 0.1) is 11.4 Å². The third kappa shape index (κ3) is 4.44. The third-order valence-corrected chi connectivity index (χ3v) is 5.85. The molecule has 0 saturated heterocycles. The van der Waals surface area contributed by atoms with Crippen LogP contribution in [0.25, 0.3) is 16.5 Å². The fraction of sp³-hybridized carbons (Fsp3) is 0.0417. The minimum Gasteiger partial charge on any atom is -0.320 e. The summed E-state index contributed by atoms with van der Waals surface area (Å²) in [6, 6.07) is 21.1. The van der Waals surface area contributed by atoms with E-state index in [9.17, 15) is 9.18 Å². The van der Waals surface area contributed by atoms with Gasteiger partial charge in [0, 0.05) is 29.2 Å². The molecule has 2 aromatic heterocycles. The summed E-state index contributed by atoms with van der Waals surface area (Å²) in [5, 5.41) is 13.8. The van der Waals surface area contributed by atoms with Gasteiger partial charge in [-0.05, 0) is 41.8 Å². The Labute approximate surface area is 192 Å². The molecule has 0 aliphatic carbocycles. The van der Waals surface area contributed by atoms with E-state index in [0.29, 0.717) is 28.0 Å². The maximum Gasteiger partial charge on any atom is 0.278 e.